The Hall–Kier alpha value is -2.20. The molecular formula is C22H29ClN2O2. The highest BCUT2D eigenvalue weighted by Gasteiger charge is 2.16. The predicted octanol–water partition coefficient (Wildman–Crippen LogP) is 4.30. The van der Waals surface area contributed by atoms with Crippen molar-refractivity contribution in [1.82, 2.24) is 5.32 Å². The summed E-state index contributed by atoms with van der Waals surface area (Å²) in [5.74, 6) is 1.01. The monoisotopic (exact) mass is 388 g/mol. The standard InChI is InChI=1S/C22H28N2O2.ClH/c23-19-11-8-17(9-12-19)14-15-24-22(25)13-10-18-4-3-7-21(16-18)26-20-5-1-2-6-20;/h3-4,7-9,11-12,16,20H,1-2,5-6,10,13-15,23H2,(H,24,25);1H. The van der Waals surface area contributed by atoms with Crippen molar-refractivity contribution >= 4 is 24.0 Å². The minimum Gasteiger partial charge on any atom is -0.490 e. The molecule has 146 valence electrons. The Labute approximate surface area is 167 Å². The third-order valence-corrected chi connectivity index (χ3v) is 4.86. The van der Waals surface area contributed by atoms with Crippen LogP contribution in [0.2, 0.25) is 0 Å². The van der Waals surface area contributed by atoms with Crippen molar-refractivity contribution < 1.29 is 9.53 Å². The molecule has 4 nitrogen and oxygen atoms in total. The van der Waals surface area contributed by atoms with E-state index in [1.165, 1.54) is 18.4 Å². The van der Waals surface area contributed by atoms with Crippen molar-refractivity contribution in [2.45, 2.75) is 51.0 Å². The molecule has 1 amide bonds. The average molecular weight is 389 g/mol. The van der Waals surface area contributed by atoms with Crippen LogP contribution in [0, 0.1) is 0 Å². The van der Waals surface area contributed by atoms with Gasteiger partial charge in [-0.3, -0.25) is 4.79 Å². The normalized spacial score (nSPS) is 13.8. The SMILES string of the molecule is Cl.Nc1ccc(CCNC(=O)CCc2cccc(OC3CCCC3)c2)cc1. The number of carbonyl (C=O) groups excluding carboxylic acids is 1. The summed E-state index contributed by atoms with van der Waals surface area (Å²) in [6.45, 7) is 0.646. The molecule has 0 bridgehead atoms. The molecule has 0 aromatic heterocycles. The minimum atomic E-state index is 0. The Balaban J connectivity index is 0.00000261. The van der Waals surface area contributed by atoms with E-state index < -0.39 is 0 Å². The summed E-state index contributed by atoms with van der Waals surface area (Å²) >= 11 is 0. The van der Waals surface area contributed by atoms with Crippen molar-refractivity contribution in [2.24, 2.45) is 0 Å². The number of nitrogens with one attached hydrogen (secondary N) is 1. The highest BCUT2D eigenvalue weighted by molar-refractivity contribution is 5.85. The zero-order valence-corrected chi connectivity index (χ0v) is 16.5. The number of halogens is 1. The molecule has 1 aliphatic carbocycles. The van der Waals surface area contributed by atoms with Crippen LogP contribution in [0.25, 0.3) is 0 Å². The third kappa shape index (κ3) is 7.14. The lowest BCUT2D eigenvalue weighted by atomic mass is 10.1. The topological polar surface area (TPSA) is 64.3 Å². The molecule has 0 aliphatic heterocycles. The predicted molar refractivity (Wildman–Crippen MR) is 112 cm³/mol. The molecule has 0 unspecified atom stereocenters. The maximum absolute atomic E-state index is 12.1. The summed E-state index contributed by atoms with van der Waals surface area (Å²) in [6, 6.07) is 15.9. The lowest BCUT2D eigenvalue weighted by Crippen LogP contribution is -2.25. The van der Waals surface area contributed by atoms with E-state index in [0.717, 1.165) is 42.7 Å². The number of nitrogen functional groups attached to an aromatic ring is 1. The number of amides is 1. The fraction of sp³-hybridized carbons (Fsp3) is 0.409. The highest BCUT2D eigenvalue weighted by Crippen LogP contribution is 2.24. The summed E-state index contributed by atoms with van der Waals surface area (Å²) in [7, 11) is 0. The van der Waals surface area contributed by atoms with Gasteiger partial charge in [0, 0.05) is 18.7 Å². The maximum atomic E-state index is 12.1. The van der Waals surface area contributed by atoms with Crippen molar-refractivity contribution in [3.63, 3.8) is 0 Å². The van der Waals surface area contributed by atoms with Crippen molar-refractivity contribution in [1.29, 1.82) is 0 Å². The molecule has 3 N–H and O–H groups in total. The van der Waals surface area contributed by atoms with Gasteiger partial charge in [0.25, 0.3) is 0 Å². The number of benzene rings is 2. The van der Waals surface area contributed by atoms with E-state index >= 15 is 0 Å². The molecule has 0 heterocycles. The number of ether oxygens (including phenoxy) is 1. The lowest BCUT2D eigenvalue weighted by molar-refractivity contribution is -0.121. The van der Waals surface area contributed by atoms with Crippen LogP contribution < -0.4 is 15.8 Å². The zero-order chi connectivity index (χ0) is 18.2. The molecule has 1 aliphatic rings. The minimum absolute atomic E-state index is 0. The van der Waals surface area contributed by atoms with Crippen molar-refractivity contribution in [2.75, 3.05) is 12.3 Å². The van der Waals surface area contributed by atoms with Gasteiger partial charge >= 0.3 is 0 Å². The second-order valence-electron chi connectivity index (χ2n) is 7.01. The summed E-state index contributed by atoms with van der Waals surface area (Å²) < 4.78 is 6.04. The van der Waals surface area contributed by atoms with Gasteiger partial charge in [-0.1, -0.05) is 24.3 Å². The molecule has 2 aromatic rings. The first-order valence-corrected chi connectivity index (χ1v) is 9.56. The van der Waals surface area contributed by atoms with Gasteiger partial charge in [0.05, 0.1) is 6.10 Å². The Morgan fingerprint density at radius 2 is 1.78 bits per heavy atom. The number of anilines is 1. The Kier molecular flexibility index (Phi) is 8.46. The van der Waals surface area contributed by atoms with Gasteiger partial charge in [-0.05, 0) is 73.9 Å². The number of hydrogen-bond acceptors (Lipinski definition) is 3. The first kappa shape index (κ1) is 21.1. The first-order chi connectivity index (χ1) is 12.7. The molecule has 0 spiro atoms. The summed E-state index contributed by atoms with van der Waals surface area (Å²) in [6.07, 6.45) is 7.24. The molecule has 27 heavy (non-hydrogen) atoms. The quantitative estimate of drug-likeness (QED) is 0.662. The summed E-state index contributed by atoms with van der Waals surface area (Å²) in [5.41, 5.74) is 8.76. The zero-order valence-electron chi connectivity index (χ0n) is 15.7. The summed E-state index contributed by atoms with van der Waals surface area (Å²) in [4.78, 5) is 12.1. The second-order valence-corrected chi connectivity index (χ2v) is 7.01. The van der Waals surface area contributed by atoms with Crippen LogP contribution >= 0.6 is 12.4 Å². The van der Waals surface area contributed by atoms with E-state index in [1.54, 1.807) is 0 Å². The van der Waals surface area contributed by atoms with Gasteiger partial charge in [0.1, 0.15) is 5.75 Å². The molecule has 0 atom stereocenters. The Morgan fingerprint density at radius 1 is 1.04 bits per heavy atom. The van der Waals surface area contributed by atoms with Crippen molar-refractivity contribution in [3.8, 4) is 5.75 Å². The van der Waals surface area contributed by atoms with Crippen LogP contribution in [0.15, 0.2) is 48.5 Å². The van der Waals surface area contributed by atoms with Gasteiger partial charge in [0.2, 0.25) is 5.91 Å². The Morgan fingerprint density at radius 3 is 2.52 bits per heavy atom. The number of carbonyl (C=O) groups is 1. The third-order valence-electron chi connectivity index (χ3n) is 4.86. The van der Waals surface area contributed by atoms with E-state index in [0.29, 0.717) is 19.1 Å². The van der Waals surface area contributed by atoms with Gasteiger partial charge in [-0.25, -0.2) is 0 Å². The molecule has 2 aromatic carbocycles. The van der Waals surface area contributed by atoms with Crippen LogP contribution in [-0.2, 0) is 17.6 Å². The molecule has 3 rings (SSSR count). The number of hydrogen-bond donors (Lipinski definition) is 2. The molecule has 1 fully saturated rings. The summed E-state index contributed by atoms with van der Waals surface area (Å²) in [5, 5.41) is 2.99. The van der Waals surface area contributed by atoms with E-state index in [2.05, 4.69) is 17.4 Å². The molecule has 0 saturated heterocycles. The van der Waals surface area contributed by atoms with Gasteiger partial charge in [0.15, 0.2) is 0 Å². The fourth-order valence-electron chi connectivity index (χ4n) is 3.35. The average Bonchev–Trinajstić information content (AvgIpc) is 3.15. The van der Waals surface area contributed by atoms with E-state index in [1.807, 2.05) is 36.4 Å². The highest BCUT2D eigenvalue weighted by atomic mass is 35.5. The van der Waals surface area contributed by atoms with Crippen LogP contribution in [-0.4, -0.2) is 18.6 Å². The molecule has 1 saturated carbocycles. The van der Waals surface area contributed by atoms with E-state index in [-0.39, 0.29) is 18.3 Å². The fourth-order valence-corrected chi connectivity index (χ4v) is 3.35. The molecule has 5 heteroatoms. The van der Waals surface area contributed by atoms with Crippen LogP contribution in [0.3, 0.4) is 0 Å². The van der Waals surface area contributed by atoms with Crippen LogP contribution in [0.1, 0.15) is 43.2 Å². The van der Waals surface area contributed by atoms with Gasteiger partial charge < -0.3 is 15.8 Å². The van der Waals surface area contributed by atoms with Gasteiger partial charge in [-0.15, -0.1) is 12.4 Å². The number of rotatable bonds is 8. The molecule has 0 radical (unpaired) electrons. The second kappa shape index (κ2) is 10.8. The van der Waals surface area contributed by atoms with Crippen LogP contribution in [0.5, 0.6) is 5.75 Å². The molecular weight excluding hydrogens is 360 g/mol. The largest absolute Gasteiger partial charge is 0.490 e. The number of nitrogens with two attached hydrogens (primary N) is 1. The van der Waals surface area contributed by atoms with Gasteiger partial charge in [-0.2, -0.15) is 0 Å². The van der Waals surface area contributed by atoms with Crippen LogP contribution in [0.4, 0.5) is 5.69 Å². The first-order valence-electron chi connectivity index (χ1n) is 9.56. The number of aryl methyl sites for hydroxylation is 1. The maximum Gasteiger partial charge on any atom is 0.220 e. The van der Waals surface area contributed by atoms with Crippen molar-refractivity contribution in [3.05, 3.63) is 59.7 Å². The Bertz CT molecular complexity index is 713. The lowest BCUT2D eigenvalue weighted by Gasteiger charge is -2.13. The van der Waals surface area contributed by atoms with E-state index in [9.17, 15) is 4.79 Å². The smallest absolute Gasteiger partial charge is 0.220 e. The van der Waals surface area contributed by atoms with E-state index in [4.69, 9.17) is 10.5 Å².